The first kappa shape index (κ1) is 19.6. The molecule has 150 valence electrons. The highest BCUT2D eigenvalue weighted by molar-refractivity contribution is 7.91. The van der Waals surface area contributed by atoms with Gasteiger partial charge in [0.05, 0.1) is 0 Å². The Kier molecular flexibility index (Phi) is 5.85. The second kappa shape index (κ2) is 8.35. The van der Waals surface area contributed by atoms with Gasteiger partial charge in [-0.05, 0) is 55.5 Å². The standard InChI is InChI=1S/C21H26N2O3S2/c24-21(22-18-9-2-1-3-10-18)17-8-6-7-16(15-17)19-11-12-20(27-19)28(25,26)23-13-4-5-14-23/h6-8,11-12,15,18H,1-5,9-10,13-14H2,(H,22,24). The Balaban J connectivity index is 1.51. The van der Waals surface area contributed by atoms with E-state index in [9.17, 15) is 13.2 Å². The molecule has 28 heavy (non-hydrogen) atoms. The molecule has 4 rings (SSSR count). The van der Waals surface area contributed by atoms with Crippen LogP contribution in [-0.4, -0.2) is 37.8 Å². The van der Waals surface area contributed by atoms with Gasteiger partial charge in [-0.25, -0.2) is 8.42 Å². The number of carbonyl (C=O) groups is 1. The van der Waals surface area contributed by atoms with Crippen molar-refractivity contribution in [1.82, 2.24) is 9.62 Å². The highest BCUT2D eigenvalue weighted by atomic mass is 32.2. The maximum Gasteiger partial charge on any atom is 0.252 e. The lowest BCUT2D eigenvalue weighted by atomic mass is 9.95. The number of sulfonamides is 1. The van der Waals surface area contributed by atoms with Gasteiger partial charge < -0.3 is 5.32 Å². The predicted octanol–water partition coefficient (Wildman–Crippen LogP) is 4.26. The minimum absolute atomic E-state index is 0.0461. The molecule has 0 unspecified atom stereocenters. The van der Waals surface area contributed by atoms with Crippen LogP contribution in [-0.2, 0) is 10.0 Å². The Morgan fingerprint density at radius 1 is 1.00 bits per heavy atom. The van der Waals surface area contributed by atoms with Crippen molar-refractivity contribution in [1.29, 1.82) is 0 Å². The molecule has 1 aliphatic heterocycles. The summed E-state index contributed by atoms with van der Waals surface area (Å²) in [7, 11) is -3.40. The normalized spacial score (nSPS) is 19.0. The number of hydrogen-bond donors (Lipinski definition) is 1. The number of carbonyl (C=O) groups excluding carboxylic acids is 1. The highest BCUT2D eigenvalue weighted by Crippen LogP contribution is 2.33. The fraction of sp³-hybridized carbons (Fsp3) is 0.476. The van der Waals surface area contributed by atoms with Crippen LogP contribution in [0, 0.1) is 0 Å². The highest BCUT2D eigenvalue weighted by Gasteiger charge is 2.28. The van der Waals surface area contributed by atoms with Crippen LogP contribution in [0.2, 0.25) is 0 Å². The van der Waals surface area contributed by atoms with Gasteiger partial charge in [0.15, 0.2) is 0 Å². The second-order valence-electron chi connectivity index (χ2n) is 7.62. The van der Waals surface area contributed by atoms with E-state index in [1.807, 2.05) is 30.3 Å². The van der Waals surface area contributed by atoms with Crippen LogP contribution in [0.4, 0.5) is 0 Å². The quantitative estimate of drug-likeness (QED) is 0.789. The molecule has 0 atom stereocenters. The third kappa shape index (κ3) is 4.16. The third-order valence-electron chi connectivity index (χ3n) is 5.59. The van der Waals surface area contributed by atoms with E-state index in [1.165, 1.54) is 30.6 Å². The average Bonchev–Trinajstić information content (AvgIpc) is 3.41. The summed E-state index contributed by atoms with van der Waals surface area (Å²) in [5.41, 5.74) is 1.50. The number of amides is 1. The lowest BCUT2D eigenvalue weighted by Gasteiger charge is -2.22. The minimum atomic E-state index is -3.40. The first-order valence-electron chi connectivity index (χ1n) is 10.1. The summed E-state index contributed by atoms with van der Waals surface area (Å²) in [6.07, 6.45) is 7.55. The fourth-order valence-corrected chi connectivity index (χ4v) is 6.97. The molecule has 2 fully saturated rings. The third-order valence-corrected chi connectivity index (χ3v) is 9.09. The summed E-state index contributed by atoms with van der Waals surface area (Å²) in [6.45, 7) is 1.21. The zero-order valence-corrected chi connectivity index (χ0v) is 17.5. The molecule has 2 aliphatic rings. The zero-order valence-electron chi connectivity index (χ0n) is 15.9. The minimum Gasteiger partial charge on any atom is -0.349 e. The van der Waals surface area contributed by atoms with Gasteiger partial charge >= 0.3 is 0 Å². The molecule has 1 N–H and O–H groups in total. The van der Waals surface area contributed by atoms with Crippen LogP contribution in [0.25, 0.3) is 10.4 Å². The Hall–Kier alpha value is -1.70. The molecular formula is C21H26N2O3S2. The van der Waals surface area contributed by atoms with E-state index >= 15 is 0 Å². The van der Waals surface area contributed by atoms with Gasteiger partial charge in [-0.15, -0.1) is 11.3 Å². The van der Waals surface area contributed by atoms with Crippen LogP contribution in [0.5, 0.6) is 0 Å². The van der Waals surface area contributed by atoms with Crippen LogP contribution in [0.1, 0.15) is 55.3 Å². The SMILES string of the molecule is O=C(NC1CCCCC1)c1cccc(-c2ccc(S(=O)(=O)N3CCCC3)s2)c1. The summed E-state index contributed by atoms with van der Waals surface area (Å²) in [5, 5.41) is 3.14. The van der Waals surface area contributed by atoms with E-state index in [4.69, 9.17) is 0 Å². The van der Waals surface area contributed by atoms with Crippen LogP contribution < -0.4 is 5.32 Å². The van der Waals surface area contributed by atoms with Gasteiger partial charge in [-0.2, -0.15) is 4.31 Å². The van der Waals surface area contributed by atoms with E-state index in [0.717, 1.165) is 36.1 Å². The Morgan fingerprint density at radius 2 is 1.75 bits per heavy atom. The van der Waals surface area contributed by atoms with E-state index < -0.39 is 10.0 Å². The number of benzene rings is 1. The van der Waals surface area contributed by atoms with Crippen molar-refractivity contribution in [2.75, 3.05) is 13.1 Å². The number of nitrogens with zero attached hydrogens (tertiary/aromatic N) is 1. The molecule has 1 amide bonds. The number of thiophene rings is 1. The van der Waals surface area contributed by atoms with Crippen molar-refractivity contribution in [2.24, 2.45) is 0 Å². The lowest BCUT2D eigenvalue weighted by Crippen LogP contribution is -2.36. The van der Waals surface area contributed by atoms with Gasteiger partial charge in [0.25, 0.3) is 15.9 Å². The molecule has 0 bridgehead atoms. The van der Waals surface area contributed by atoms with Crippen molar-refractivity contribution in [3.63, 3.8) is 0 Å². The molecule has 1 saturated heterocycles. The molecule has 0 radical (unpaired) electrons. The molecule has 1 saturated carbocycles. The summed E-state index contributed by atoms with van der Waals surface area (Å²) >= 11 is 1.27. The maximum atomic E-state index is 12.7. The van der Waals surface area contributed by atoms with Gasteiger partial charge in [0.2, 0.25) is 0 Å². The van der Waals surface area contributed by atoms with E-state index in [0.29, 0.717) is 22.9 Å². The number of rotatable bonds is 5. The average molecular weight is 419 g/mol. The number of hydrogen-bond acceptors (Lipinski definition) is 4. The molecule has 1 aromatic carbocycles. The second-order valence-corrected chi connectivity index (χ2v) is 10.9. The maximum absolute atomic E-state index is 12.7. The van der Waals surface area contributed by atoms with Gasteiger partial charge in [-0.3, -0.25) is 4.79 Å². The molecular weight excluding hydrogens is 392 g/mol. The van der Waals surface area contributed by atoms with E-state index in [2.05, 4.69) is 5.32 Å². The molecule has 2 aromatic rings. The zero-order chi connectivity index (χ0) is 19.6. The summed E-state index contributed by atoms with van der Waals surface area (Å²) < 4.78 is 27.4. The predicted molar refractivity (Wildman–Crippen MR) is 112 cm³/mol. The van der Waals surface area contributed by atoms with Crippen molar-refractivity contribution in [2.45, 2.75) is 55.2 Å². The fourth-order valence-electron chi connectivity index (χ4n) is 4.00. The summed E-state index contributed by atoms with van der Waals surface area (Å²) in [4.78, 5) is 13.5. The first-order valence-corrected chi connectivity index (χ1v) is 12.3. The van der Waals surface area contributed by atoms with Crippen molar-refractivity contribution in [3.05, 3.63) is 42.0 Å². The van der Waals surface area contributed by atoms with E-state index in [-0.39, 0.29) is 11.9 Å². The Morgan fingerprint density at radius 3 is 2.50 bits per heavy atom. The topological polar surface area (TPSA) is 66.5 Å². The summed E-state index contributed by atoms with van der Waals surface area (Å²) in [6, 6.07) is 11.3. The molecule has 5 nitrogen and oxygen atoms in total. The van der Waals surface area contributed by atoms with Crippen LogP contribution >= 0.6 is 11.3 Å². The van der Waals surface area contributed by atoms with Crippen molar-refractivity contribution >= 4 is 27.3 Å². The summed E-state index contributed by atoms with van der Waals surface area (Å²) in [5.74, 6) is -0.0461. The Bertz CT molecular complexity index is 940. The van der Waals surface area contributed by atoms with Crippen LogP contribution in [0.3, 0.4) is 0 Å². The molecule has 2 heterocycles. The lowest BCUT2D eigenvalue weighted by molar-refractivity contribution is 0.0927. The number of nitrogens with one attached hydrogen (secondary N) is 1. The molecule has 0 spiro atoms. The van der Waals surface area contributed by atoms with Gasteiger partial charge in [0.1, 0.15) is 4.21 Å². The smallest absolute Gasteiger partial charge is 0.252 e. The van der Waals surface area contributed by atoms with Gasteiger partial charge in [-0.1, -0.05) is 31.4 Å². The largest absolute Gasteiger partial charge is 0.349 e. The molecule has 7 heteroatoms. The molecule has 1 aliphatic carbocycles. The van der Waals surface area contributed by atoms with Gasteiger partial charge in [0, 0.05) is 29.6 Å². The van der Waals surface area contributed by atoms with Crippen molar-refractivity contribution < 1.29 is 13.2 Å². The van der Waals surface area contributed by atoms with Crippen molar-refractivity contribution in [3.8, 4) is 10.4 Å². The van der Waals surface area contributed by atoms with Crippen LogP contribution in [0.15, 0.2) is 40.6 Å². The monoisotopic (exact) mass is 418 g/mol. The molecule has 1 aromatic heterocycles. The van der Waals surface area contributed by atoms with E-state index in [1.54, 1.807) is 10.4 Å². The first-order chi connectivity index (χ1) is 13.5. The Labute approximate surface area is 170 Å².